The Morgan fingerprint density at radius 3 is 2.62 bits per heavy atom. The van der Waals surface area contributed by atoms with Crippen molar-refractivity contribution >= 4 is 21.7 Å². The van der Waals surface area contributed by atoms with E-state index in [0.717, 1.165) is 25.5 Å². The topological polar surface area (TPSA) is 89.5 Å². The van der Waals surface area contributed by atoms with Crippen molar-refractivity contribution in [1.82, 2.24) is 5.32 Å². The van der Waals surface area contributed by atoms with Gasteiger partial charge in [0.15, 0.2) is 15.9 Å². The average Bonchev–Trinajstić information content (AvgIpc) is 2.61. The molecule has 1 atom stereocenters. The minimum atomic E-state index is -3.57. The number of ether oxygens (including phenoxy) is 1. The number of rotatable bonds is 7. The van der Waals surface area contributed by atoms with Gasteiger partial charge in [-0.05, 0) is 51.2 Å². The van der Waals surface area contributed by atoms with Crippen molar-refractivity contribution in [2.75, 3.05) is 12.8 Å². The van der Waals surface area contributed by atoms with E-state index in [-0.39, 0.29) is 10.5 Å². The summed E-state index contributed by atoms with van der Waals surface area (Å²) in [7, 11) is -3.57. The number of hydrogen-bond donors (Lipinski definition) is 1. The fourth-order valence-corrected chi connectivity index (χ4v) is 3.73. The van der Waals surface area contributed by atoms with E-state index in [2.05, 4.69) is 11.4 Å². The second kappa shape index (κ2) is 8.98. The van der Waals surface area contributed by atoms with Gasteiger partial charge in [0.05, 0.1) is 10.5 Å². The molecule has 0 aliphatic heterocycles. The number of benzene rings is 1. The molecule has 142 valence electrons. The number of nitrogens with one attached hydrogen (secondary N) is 1. The summed E-state index contributed by atoms with van der Waals surface area (Å²) < 4.78 is 28.7. The molecule has 0 aromatic heterocycles. The number of amides is 1. The lowest BCUT2D eigenvalue weighted by molar-refractivity contribution is -0.129. The number of esters is 1. The highest BCUT2D eigenvalue weighted by molar-refractivity contribution is 7.90. The standard InChI is InChI=1S/C19H25NO5S/c1-14(18(21)20-13-12-15-8-4-3-5-9-15)25-19(22)16-10-6-7-11-17(16)26(2,23)24/h6-8,10-11,14H,3-5,9,12-13H2,1-2H3,(H,20,21)/t14-/m1/s1. The highest BCUT2D eigenvalue weighted by atomic mass is 32.2. The summed E-state index contributed by atoms with van der Waals surface area (Å²) in [4.78, 5) is 24.3. The summed E-state index contributed by atoms with van der Waals surface area (Å²) in [6.07, 6.45) is 7.61. The van der Waals surface area contributed by atoms with Gasteiger partial charge in [-0.15, -0.1) is 0 Å². The molecule has 0 heterocycles. The molecule has 1 N–H and O–H groups in total. The Kier molecular flexibility index (Phi) is 6.97. The SMILES string of the molecule is C[C@@H](OC(=O)c1ccccc1S(C)(=O)=O)C(=O)NCCC1=CCCCC1. The quantitative estimate of drug-likeness (QED) is 0.581. The van der Waals surface area contributed by atoms with Crippen molar-refractivity contribution in [2.24, 2.45) is 0 Å². The Balaban J connectivity index is 1.90. The normalized spacial score (nSPS) is 15.7. The maximum atomic E-state index is 12.3. The lowest BCUT2D eigenvalue weighted by Gasteiger charge is -2.16. The smallest absolute Gasteiger partial charge is 0.340 e. The fraction of sp³-hybridized carbons (Fsp3) is 0.474. The predicted molar refractivity (Wildman–Crippen MR) is 98.6 cm³/mol. The Morgan fingerprint density at radius 2 is 1.96 bits per heavy atom. The van der Waals surface area contributed by atoms with Crippen molar-refractivity contribution in [3.05, 3.63) is 41.5 Å². The summed E-state index contributed by atoms with van der Waals surface area (Å²) >= 11 is 0. The van der Waals surface area contributed by atoms with Crippen LogP contribution in [0.1, 0.15) is 49.4 Å². The third kappa shape index (κ3) is 5.69. The van der Waals surface area contributed by atoms with Gasteiger partial charge in [0.1, 0.15) is 0 Å². The van der Waals surface area contributed by atoms with Gasteiger partial charge >= 0.3 is 5.97 Å². The lowest BCUT2D eigenvalue weighted by Crippen LogP contribution is -2.36. The van der Waals surface area contributed by atoms with E-state index in [9.17, 15) is 18.0 Å². The molecule has 0 saturated heterocycles. The molecule has 26 heavy (non-hydrogen) atoms. The van der Waals surface area contributed by atoms with Crippen LogP contribution in [0.5, 0.6) is 0 Å². The molecule has 0 bridgehead atoms. The molecular weight excluding hydrogens is 354 g/mol. The van der Waals surface area contributed by atoms with Gasteiger partial charge in [-0.3, -0.25) is 4.79 Å². The van der Waals surface area contributed by atoms with Gasteiger partial charge in [-0.25, -0.2) is 13.2 Å². The van der Waals surface area contributed by atoms with Crippen molar-refractivity contribution in [3.63, 3.8) is 0 Å². The molecule has 1 aromatic carbocycles. The number of sulfone groups is 1. The van der Waals surface area contributed by atoms with E-state index in [1.54, 1.807) is 6.07 Å². The van der Waals surface area contributed by atoms with Crippen molar-refractivity contribution in [1.29, 1.82) is 0 Å². The molecule has 1 aromatic rings. The highest BCUT2D eigenvalue weighted by Crippen LogP contribution is 2.19. The molecule has 1 aliphatic carbocycles. The van der Waals surface area contributed by atoms with Crippen LogP contribution < -0.4 is 5.32 Å². The summed E-state index contributed by atoms with van der Waals surface area (Å²) in [5.74, 6) is -1.23. The maximum absolute atomic E-state index is 12.3. The van der Waals surface area contributed by atoms with Gasteiger partial charge in [-0.2, -0.15) is 0 Å². The first-order chi connectivity index (χ1) is 12.3. The van der Waals surface area contributed by atoms with Crippen LogP contribution in [0.25, 0.3) is 0 Å². The number of hydrogen-bond acceptors (Lipinski definition) is 5. The Bertz CT molecular complexity index is 798. The second-order valence-electron chi connectivity index (χ2n) is 6.47. The van der Waals surface area contributed by atoms with E-state index in [0.29, 0.717) is 6.54 Å². The van der Waals surface area contributed by atoms with Crippen molar-refractivity contribution in [3.8, 4) is 0 Å². The van der Waals surface area contributed by atoms with Crippen LogP contribution in [0.3, 0.4) is 0 Å². The van der Waals surface area contributed by atoms with Crippen LogP contribution in [0.15, 0.2) is 40.8 Å². The Morgan fingerprint density at radius 1 is 1.23 bits per heavy atom. The van der Waals surface area contributed by atoms with E-state index >= 15 is 0 Å². The summed E-state index contributed by atoms with van der Waals surface area (Å²) in [6.45, 7) is 1.96. The van der Waals surface area contributed by atoms with Crippen LogP contribution in [0.2, 0.25) is 0 Å². The average molecular weight is 379 g/mol. The summed E-state index contributed by atoms with van der Waals surface area (Å²) in [6, 6.07) is 5.80. The lowest BCUT2D eigenvalue weighted by atomic mass is 9.97. The molecular formula is C19H25NO5S. The zero-order chi connectivity index (χ0) is 19.2. The minimum Gasteiger partial charge on any atom is -0.449 e. The second-order valence-corrected chi connectivity index (χ2v) is 8.45. The van der Waals surface area contributed by atoms with E-state index in [1.807, 2.05) is 0 Å². The monoisotopic (exact) mass is 379 g/mol. The van der Waals surface area contributed by atoms with Gasteiger partial charge in [-0.1, -0.05) is 23.8 Å². The summed E-state index contributed by atoms with van der Waals surface area (Å²) in [5.41, 5.74) is 1.28. The van der Waals surface area contributed by atoms with E-state index in [1.165, 1.54) is 43.5 Å². The first kappa shape index (κ1) is 20.2. The third-order valence-electron chi connectivity index (χ3n) is 4.29. The first-order valence-electron chi connectivity index (χ1n) is 8.74. The predicted octanol–water partition coefficient (Wildman–Crippen LogP) is 2.64. The number of allylic oxidation sites excluding steroid dienone is 1. The molecule has 2 rings (SSSR count). The van der Waals surface area contributed by atoms with Gasteiger partial charge in [0.2, 0.25) is 0 Å². The van der Waals surface area contributed by atoms with Gasteiger partial charge in [0, 0.05) is 12.8 Å². The van der Waals surface area contributed by atoms with Crippen LogP contribution >= 0.6 is 0 Å². The fourth-order valence-electron chi connectivity index (χ4n) is 2.86. The van der Waals surface area contributed by atoms with Crippen molar-refractivity contribution < 1.29 is 22.7 Å². The van der Waals surface area contributed by atoms with E-state index < -0.39 is 27.8 Å². The highest BCUT2D eigenvalue weighted by Gasteiger charge is 2.23. The van der Waals surface area contributed by atoms with Crippen molar-refractivity contribution in [2.45, 2.75) is 50.0 Å². The molecule has 0 fully saturated rings. The Labute approximate surface area is 154 Å². The molecule has 0 unspecified atom stereocenters. The molecule has 0 saturated carbocycles. The van der Waals surface area contributed by atoms with Crippen LogP contribution in [0, 0.1) is 0 Å². The van der Waals surface area contributed by atoms with Crippen LogP contribution in [0.4, 0.5) is 0 Å². The zero-order valence-electron chi connectivity index (χ0n) is 15.2. The van der Waals surface area contributed by atoms with Crippen LogP contribution in [-0.2, 0) is 19.4 Å². The van der Waals surface area contributed by atoms with Crippen LogP contribution in [-0.4, -0.2) is 39.2 Å². The Hall–Kier alpha value is -2.15. The van der Waals surface area contributed by atoms with Gasteiger partial charge < -0.3 is 10.1 Å². The molecule has 0 radical (unpaired) electrons. The minimum absolute atomic E-state index is 0.0676. The van der Waals surface area contributed by atoms with E-state index in [4.69, 9.17) is 4.74 Å². The zero-order valence-corrected chi connectivity index (χ0v) is 16.0. The molecule has 1 amide bonds. The molecule has 7 heteroatoms. The summed E-state index contributed by atoms with van der Waals surface area (Å²) in [5, 5.41) is 2.76. The third-order valence-corrected chi connectivity index (χ3v) is 5.44. The molecule has 6 nitrogen and oxygen atoms in total. The number of carbonyl (C=O) groups excluding carboxylic acids is 2. The maximum Gasteiger partial charge on any atom is 0.340 e. The largest absolute Gasteiger partial charge is 0.449 e. The first-order valence-corrected chi connectivity index (χ1v) is 10.6. The molecule has 0 spiro atoms. The number of carbonyl (C=O) groups is 2. The van der Waals surface area contributed by atoms with Gasteiger partial charge in [0.25, 0.3) is 5.91 Å². The molecule has 1 aliphatic rings.